The molecule has 0 aromatic carbocycles. The van der Waals surface area contributed by atoms with Crippen LogP contribution in [-0.4, -0.2) is 30.2 Å². The first kappa shape index (κ1) is 9.57. The van der Waals surface area contributed by atoms with E-state index in [1.165, 1.54) is 5.06 Å². The lowest BCUT2D eigenvalue weighted by Crippen LogP contribution is -2.53. The van der Waals surface area contributed by atoms with Gasteiger partial charge in [0, 0.05) is 11.5 Å². The van der Waals surface area contributed by atoms with Gasteiger partial charge in [-0.05, 0) is 5.53 Å². The summed E-state index contributed by atoms with van der Waals surface area (Å²) in [7, 11) is 0. The maximum atomic E-state index is 10.9. The molecule has 6 nitrogen and oxygen atoms in total. The fourth-order valence-corrected chi connectivity index (χ4v) is 1.05. The SMILES string of the molecule is C=CCON1C(=O)CC1CN=[N+]=[N-]. The van der Waals surface area contributed by atoms with Crippen molar-refractivity contribution in [1.82, 2.24) is 5.06 Å². The molecule has 0 N–H and O–H groups in total. The zero-order valence-corrected chi connectivity index (χ0v) is 7.09. The molecule has 0 spiro atoms. The number of amides is 1. The molecule has 0 aliphatic carbocycles. The van der Waals surface area contributed by atoms with Crippen LogP contribution in [0.2, 0.25) is 0 Å². The smallest absolute Gasteiger partial charge is 0.248 e. The van der Waals surface area contributed by atoms with Crippen molar-refractivity contribution in [3.05, 3.63) is 23.1 Å². The molecular formula is C7H10N4O2. The first-order chi connectivity index (χ1) is 6.29. The fourth-order valence-electron chi connectivity index (χ4n) is 1.05. The van der Waals surface area contributed by atoms with E-state index in [-0.39, 0.29) is 18.5 Å². The number of azide groups is 1. The molecule has 0 bridgehead atoms. The van der Waals surface area contributed by atoms with Crippen molar-refractivity contribution in [3.8, 4) is 0 Å². The van der Waals surface area contributed by atoms with Crippen molar-refractivity contribution in [2.45, 2.75) is 12.5 Å². The number of β-lactam (4-membered cyclic amide) rings is 1. The molecule has 1 unspecified atom stereocenters. The van der Waals surface area contributed by atoms with Gasteiger partial charge >= 0.3 is 0 Å². The van der Waals surface area contributed by atoms with Crippen LogP contribution in [0.3, 0.4) is 0 Å². The molecule has 0 aromatic rings. The van der Waals surface area contributed by atoms with Gasteiger partial charge in [-0.25, -0.2) is 5.06 Å². The molecule has 1 aliphatic heterocycles. The van der Waals surface area contributed by atoms with Crippen LogP contribution in [0.5, 0.6) is 0 Å². The molecule has 1 rings (SSSR count). The summed E-state index contributed by atoms with van der Waals surface area (Å²) in [5.74, 6) is -0.0833. The highest BCUT2D eigenvalue weighted by Crippen LogP contribution is 2.19. The third-order valence-electron chi connectivity index (χ3n) is 1.67. The highest BCUT2D eigenvalue weighted by Gasteiger charge is 2.36. The second-order valence-corrected chi connectivity index (χ2v) is 2.58. The molecule has 13 heavy (non-hydrogen) atoms. The number of nitrogens with zero attached hydrogens (tertiary/aromatic N) is 4. The molecule has 6 heteroatoms. The normalized spacial score (nSPS) is 20.5. The molecule has 1 saturated heterocycles. The summed E-state index contributed by atoms with van der Waals surface area (Å²) in [6, 6.07) is -0.108. The number of hydrogen-bond donors (Lipinski definition) is 0. The summed E-state index contributed by atoms with van der Waals surface area (Å²) in [6.45, 7) is 4.01. The molecule has 1 heterocycles. The molecule has 1 aliphatic rings. The first-order valence-electron chi connectivity index (χ1n) is 3.86. The lowest BCUT2D eigenvalue weighted by Gasteiger charge is -2.37. The monoisotopic (exact) mass is 182 g/mol. The Morgan fingerprint density at radius 1 is 1.92 bits per heavy atom. The predicted molar refractivity (Wildman–Crippen MR) is 45.4 cm³/mol. The molecule has 0 radical (unpaired) electrons. The van der Waals surface area contributed by atoms with E-state index in [0.29, 0.717) is 13.0 Å². The quantitative estimate of drug-likeness (QED) is 0.209. The average Bonchev–Trinajstić information content (AvgIpc) is 2.12. The van der Waals surface area contributed by atoms with E-state index in [1.807, 2.05) is 0 Å². The van der Waals surface area contributed by atoms with Crippen LogP contribution in [0.1, 0.15) is 6.42 Å². The van der Waals surface area contributed by atoms with E-state index < -0.39 is 0 Å². The second-order valence-electron chi connectivity index (χ2n) is 2.58. The van der Waals surface area contributed by atoms with Gasteiger partial charge in [0.25, 0.3) is 0 Å². The Morgan fingerprint density at radius 3 is 3.23 bits per heavy atom. The van der Waals surface area contributed by atoms with Crippen molar-refractivity contribution in [1.29, 1.82) is 0 Å². The molecule has 0 aromatic heterocycles. The fraction of sp³-hybridized carbons (Fsp3) is 0.571. The topological polar surface area (TPSA) is 78.3 Å². The molecule has 1 amide bonds. The summed E-state index contributed by atoms with van der Waals surface area (Å²) >= 11 is 0. The zero-order chi connectivity index (χ0) is 9.68. The van der Waals surface area contributed by atoms with Crippen molar-refractivity contribution < 1.29 is 9.63 Å². The van der Waals surface area contributed by atoms with Crippen LogP contribution in [-0.2, 0) is 9.63 Å². The highest BCUT2D eigenvalue weighted by molar-refractivity contribution is 5.81. The van der Waals surface area contributed by atoms with Gasteiger partial charge in [-0.3, -0.25) is 9.63 Å². The van der Waals surface area contributed by atoms with Crippen LogP contribution in [0.4, 0.5) is 0 Å². The average molecular weight is 182 g/mol. The minimum absolute atomic E-state index is 0.0833. The molecule has 0 saturated carbocycles. The number of hydrogen-bond acceptors (Lipinski definition) is 3. The lowest BCUT2D eigenvalue weighted by molar-refractivity contribution is -0.221. The lowest BCUT2D eigenvalue weighted by atomic mass is 10.1. The maximum absolute atomic E-state index is 10.9. The Balaban J connectivity index is 2.36. The Hall–Kier alpha value is -1.52. The van der Waals surface area contributed by atoms with Crippen LogP contribution in [0.25, 0.3) is 10.4 Å². The van der Waals surface area contributed by atoms with E-state index >= 15 is 0 Å². The summed E-state index contributed by atoms with van der Waals surface area (Å²) in [5, 5.41) is 4.60. The van der Waals surface area contributed by atoms with Crippen LogP contribution in [0.15, 0.2) is 17.8 Å². The Bertz CT molecular complexity index is 259. The molecule has 70 valence electrons. The largest absolute Gasteiger partial charge is 0.272 e. The van der Waals surface area contributed by atoms with Crippen molar-refractivity contribution in [2.75, 3.05) is 13.2 Å². The summed E-state index contributed by atoms with van der Waals surface area (Å²) in [5.41, 5.74) is 8.06. The van der Waals surface area contributed by atoms with Crippen molar-refractivity contribution in [3.63, 3.8) is 0 Å². The maximum Gasteiger partial charge on any atom is 0.248 e. The van der Waals surface area contributed by atoms with Gasteiger partial charge < -0.3 is 0 Å². The summed E-state index contributed by atoms with van der Waals surface area (Å²) < 4.78 is 0. The summed E-state index contributed by atoms with van der Waals surface area (Å²) in [4.78, 5) is 18.6. The molecule has 1 fully saturated rings. The van der Waals surface area contributed by atoms with Gasteiger partial charge in [-0.1, -0.05) is 11.2 Å². The molecule has 1 atom stereocenters. The van der Waals surface area contributed by atoms with Crippen LogP contribution in [0, 0.1) is 0 Å². The number of rotatable bonds is 5. The van der Waals surface area contributed by atoms with Gasteiger partial charge in [-0.2, -0.15) is 0 Å². The van der Waals surface area contributed by atoms with Crippen molar-refractivity contribution >= 4 is 5.91 Å². The zero-order valence-electron chi connectivity index (χ0n) is 7.09. The van der Waals surface area contributed by atoms with E-state index in [1.54, 1.807) is 6.08 Å². The van der Waals surface area contributed by atoms with Crippen molar-refractivity contribution in [2.24, 2.45) is 5.11 Å². The Morgan fingerprint density at radius 2 is 2.69 bits per heavy atom. The standard InChI is InChI=1S/C7H10N4O2/c1-2-3-13-11-6(4-7(11)12)5-9-10-8/h2,6H,1,3-5H2. The van der Waals surface area contributed by atoms with E-state index in [2.05, 4.69) is 16.6 Å². The summed E-state index contributed by atoms with van der Waals surface area (Å²) in [6.07, 6.45) is 1.94. The number of carbonyl (C=O) groups is 1. The van der Waals surface area contributed by atoms with E-state index in [0.717, 1.165) is 0 Å². The number of carbonyl (C=O) groups excluding carboxylic acids is 1. The first-order valence-corrected chi connectivity index (χ1v) is 3.86. The minimum Gasteiger partial charge on any atom is -0.272 e. The van der Waals surface area contributed by atoms with Crippen LogP contribution < -0.4 is 0 Å². The van der Waals surface area contributed by atoms with Gasteiger partial charge in [0.15, 0.2) is 0 Å². The van der Waals surface area contributed by atoms with Gasteiger partial charge in [-0.15, -0.1) is 6.58 Å². The highest BCUT2D eigenvalue weighted by atomic mass is 16.7. The second kappa shape index (κ2) is 4.49. The van der Waals surface area contributed by atoms with Gasteiger partial charge in [0.1, 0.15) is 0 Å². The molecular weight excluding hydrogens is 172 g/mol. The van der Waals surface area contributed by atoms with Gasteiger partial charge in [0.2, 0.25) is 5.91 Å². The van der Waals surface area contributed by atoms with Crippen LogP contribution >= 0.6 is 0 Å². The third kappa shape index (κ3) is 2.21. The third-order valence-corrected chi connectivity index (χ3v) is 1.67. The Kier molecular flexibility index (Phi) is 3.31. The van der Waals surface area contributed by atoms with E-state index in [4.69, 9.17) is 10.4 Å². The Labute approximate surface area is 75.4 Å². The minimum atomic E-state index is -0.108. The number of hydroxylamine groups is 2. The van der Waals surface area contributed by atoms with Gasteiger partial charge in [0.05, 0.1) is 19.1 Å². The predicted octanol–water partition coefficient (Wildman–Crippen LogP) is 1.02. The van der Waals surface area contributed by atoms with E-state index in [9.17, 15) is 4.79 Å².